The van der Waals surface area contributed by atoms with E-state index in [0.29, 0.717) is 5.92 Å². The second-order valence-corrected chi connectivity index (χ2v) is 5.12. The highest BCUT2D eigenvalue weighted by Gasteiger charge is 2.73. The largest absolute Gasteiger partial charge is 0.480 e. The van der Waals surface area contributed by atoms with Gasteiger partial charge in [-0.25, -0.2) is 4.79 Å². The van der Waals surface area contributed by atoms with Crippen LogP contribution in [0.2, 0.25) is 0 Å². The maximum atomic E-state index is 10.5. The van der Waals surface area contributed by atoms with Crippen molar-refractivity contribution in [3.05, 3.63) is 0 Å². The van der Waals surface area contributed by atoms with E-state index in [4.69, 9.17) is 9.84 Å². The Bertz CT molecular complexity index is 361. The minimum atomic E-state index is -0.906. The number of fused-ring (bicyclic) bond motifs is 1. The van der Waals surface area contributed by atoms with Gasteiger partial charge in [0.2, 0.25) is 0 Å². The van der Waals surface area contributed by atoms with Crippen molar-refractivity contribution >= 4 is 5.97 Å². The molecule has 3 heteroatoms. The van der Waals surface area contributed by atoms with E-state index in [1.807, 2.05) is 0 Å². The van der Waals surface area contributed by atoms with Gasteiger partial charge in [-0.2, -0.15) is 0 Å². The van der Waals surface area contributed by atoms with Crippen LogP contribution in [0.4, 0.5) is 0 Å². The van der Waals surface area contributed by atoms with E-state index in [9.17, 15) is 4.79 Å². The van der Waals surface area contributed by atoms with E-state index in [-0.39, 0.29) is 23.5 Å². The van der Waals surface area contributed by atoms with Gasteiger partial charge in [-0.3, -0.25) is 0 Å². The lowest BCUT2D eigenvalue weighted by Crippen LogP contribution is -2.28. The van der Waals surface area contributed by atoms with Gasteiger partial charge in [0.05, 0.1) is 11.5 Å². The minimum Gasteiger partial charge on any atom is -0.480 e. The zero-order valence-corrected chi connectivity index (χ0v) is 9.33. The number of ether oxygens (including phenoxy) is 1. The molecule has 3 nitrogen and oxygen atoms in total. The quantitative estimate of drug-likeness (QED) is 0.715. The number of hydrogen-bond acceptors (Lipinski definition) is 2. The molecular weight excluding hydrogens is 192 g/mol. The number of carboxylic acids is 1. The average Bonchev–Trinajstić information content (AvgIpc) is 2.60. The normalized spacial score (nSPS) is 39.9. The smallest absolute Gasteiger partial charge is 0.329 e. The Hall–Kier alpha value is -1.01. The second kappa shape index (κ2) is 2.99. The van der Waals surface area contributed by atoms with Crippen LogP contribution in [0.5, 0.6) is 0 Å². The van der Waals surface area contributed by atoms with Crippen molar-refractivity contribution in [1.29, 1.82) is 0 Å². The van der Waals surface area contributed by atoms with Crippen LogP contribution >= 0.6 is 0 Å². The number of rotatable bonds is 3. The summed E-state index contributed by atoms with van der Waals surface area (Å²) in [5.41, 5.74) is -0.309. The zero-order valence-electron chi connectivity index (χ0n) is 9.33. The van der Waals surface area contributed by atoms with Crippen LogP contribution in [0, 0.1) is 29.1 Å². The van der Waals surface area contributed by atoms with Crippen molar-refractivity contribution in [2.75, 3.05) is 6.61 Å². The molecule has 2 rings (SSSR count). The fourth-order valence-corrected chi connectivity index (χ4v) is 2.74. The summed E-state index contributed by atoms with van der Waals surface area (Å²) in [5.74, 6) is 5.96. The highest BCUT2D eigenvalue weighted by atomic mass is 16.5. The monoisotopic (exact) mass is 208 g/mol. The number of hydrogen-bond donors (Lipinski definition) is 1. The topological polar surface area (TPSA) is 46.5 Å². The van der Waals surface area contributed by atoms with E-state index in [1.165, 1.54) is 0 Å². The van der Waals surface area contributed by atoms with Gasteiger partial charge in [0.15, 0.2) is 0 Å². The molecule has 1 saturated carbocycles. The third-order valence-corrected chi connectivity index (χ3v) is 3.73. The first-order chi connectivity index (χ1) is 6.90. The molecule has 0 aromatic rings. The molecule has 0 aromatic heterocycles. The summed E-state index contributed by atoms with van der Waals surface area (Å²) in [5, 5.41) is 8.65. The predicted octanol–water partition coefficient (Wildman–Crippen LogP) is 1.53. The molecule has 3 atom stereocenters. The van der Waals surface area contributed by atoms with Gasteiger partial charge in [0, 0.05) is 11.3 Å². The number of carboxylic acid groups (broad SMARTS) is 1. The molecule has 0 bridgehead atoms. The summed E-state index contributed by atoms with van der Waals surface area (Å²) in [6.45, 7) is 6.05. The Labute approximate surface area is 89.8 Å². The maximum absolute atomic E-state index is 10.5. The van der Waals surface area contributed by atoms with Gasteiger partial charge in [0.25, 0.3) is 0 Å². The van der Waals surface area contributed by atoms with Gasteiger partial charge < -0.3 is 9.84 Å². The lowest BCUT2D eigenvalue weighted by atomic mass is 9.95. The summed E-state index contributed by atoms with van der Waals surface area (Å²) in [6, 6.07) is 0. The minimum absolute atomic E-state index is 0.000208. The van der Waals surface area contributed by atoms with Gasteiger partial charge in [-0.1, -0.05) is 32.6 Å². The Morgan fingerprint density at radius 2 is 2.20 bits per heavy atom. The average molecular weight is 208 g/mol. The lowest BCUT2D eigenvalue weighted by molar-refractivity contribution is -0.147. The molecule has 0 radical (unpaired) electrons. The standard InChI is InChI=1S/C12H16O3/c1-8-4-5-9-11(2,3)12(9,6-8)15-7-10(13)14/h8-9H,6-7H2,1-3H3,(H,13,14). The van der Waals surface area contributed by atoms with Crippen molar-refractivity contribution in [2.45, 2.75) is 32.8 Å². The highest BCUT2D eigenvalue weighted by Crippen LogP contribution is 2.67. The van der Waals surface area contributed by atoms with Crippen molar-refractivity contribution < 1.29 is 14.6 Å². The first-order valence-corrected chi connectivity index (χ1v) is 5.27. The van der Waals surface area contributed by atoms with Crippen LogP contribution in [0.15, 0.2) is 0 Å². The molecule has 1 fully saturated rings. The molecule has 2 aliphatic rings. The molecule has 2 aliphatic carbocycles. The zero-order chi connectivity index (χ0) is 11.3. The molecule has 0 spiro atoms. The van der Waals surface area contributed by atoms with E-state index >= 15 is 0 Å². The molecule has 0 aliphatic heterocycles. The number of aliphatic carboxylic acids is 1. The van der Waals surface area contributed by atoms with Crippen molar-refractivity contribution in [2.24, 2.45) is 17.3 Å². The molecule has 82 valence electrons. The Balaban J connectivity index is 2.14. The Morgan fingerprint density at radius 3 is 2.80 bits per heavy atom. The molecule has 1 N–H and O–H groups in total. The van der Waals surface area contributed by atoms with Gasteiger partial charge in [0.1, 0.15) is 6.61 Å². The van der Waals surface area contributed by atoms with Gasteiger partial charge in [-0.15, -0.1) is 0 Å². The molecule has 3 unspecified atom stereocenters. The first-order valence-electron chi connectivity index (χ1n) is 5.27. The molecule has 0 aromatic carbocycles. The van der Waals surface area contributed by atoms with Gasteiger partial charge >= 0.3 is 5.97 Å². The van der Waals surface area contributed by atoms with E-state index in [0.717, 1.165) is 6.42 Å². The summed E-state index contributed by atoms with van der Waals surface area (Å²) in [7, 11) is 0. The van der Waals surface area contributed by atoms with Crippen LogP contribution in [0.25, 0.3) is 0 Å². The summed E-state index contributed by atoms with van der Waals surface area (Å²) < 4.78 is 5.59. The number of carbonyl (C=O) groups is 1. The van der Waals surface area contributed by atoms with E-state index in [1.54, 1.807) is 0 Å². The van der Waals surface area contributed by atoms with Crippen LogP contribution in [-0.2, 0) is 9.53 Å². The molecular formula is C12H16O3. The molecule has 0 saturated heterocycles. The lowest BCUT2D eigenvalue weighted by Gasteiger charge is -2.23. The summed E-state index contributed by atoms with van der Waals surface area (Å²) in [4.78, 5) is 10.5. The first kappa shape index (κ1) is 10.5. The third kappa shape index (κ3) is 1.36. The van der Waals surface area contributed by atoms with E-state index < -0.39 is 5.97 Å². The highest BCUT2D eigenvalue weighted by molar-refractivity contribution is 5.68. The molecule has 0 amide bonds. The summed E-state index contributed by atoms with van der Waals surface area (Å²) in [6.07, 6.45) is 0.852. The van der Waals surface area contributed by atoms with Crippen LogP contribution < -0.4 is 0 Å². The summed E-state index contributed by atoms with van der Waals surface area (Å²) >= 11 is 0. The third-order valence-electron chi connectivity index (χ3n) is 3.73. The SMILES string of the molecule is CC1C#CC2C(C)(C)C2(OCC(=O)O)C1. The predicted molar refractivity (Wildman–Crippen MR) is 55.1 cm³/mol. The fourth-order valence-electron chi connectivity index (χ4n) is 2.74. The van der Waals surface area contributed by atoms with Crippen LogP contribution in [0.3, 0.4) is 0 Å². The Morgan fingerprint density at radius 1 is 1.53 bits per heavy atom. The second-order valence-electron chi connectivity index (χ2n) is 5.12. The van der Waals surface area contributed by atoms with Crippen molar-refractivity contribution in [3.63, 3.8) is 0 Å². The molecule has 15 heavy (non-hydrogen) atoms. The maximum Gasteiger partial charge on any atom is 0.329 e. The van der Waals surface area contributed by atoms with Crippen molar-refractivity contribution in [1.82, 2.24) is 0 Å². The van der Waals surface area contributed by atoms with E-state index in [2.05, 4.69) is 32.6 Å². The van der Waals surface area contributed by atoms with Crippen LogP contribution in [0.1, 0.15) is 27.2 Å². The van der Waals surface area contributed by atoms with Crippen LogP contribution in [-0.4, -0.2) is 23.3 Å². The van der Waals surface area contributed by atoms with Gasteiger partial charge in [-0.05, 0) is 6.42 Å². The fraction of sp³-hybridized carbons (Fsp3) is 0.750. The van der Waals surface area contributed by atoms with Crippen molar-refractivity contribution in [3.8, 4) is 11.8 Å². The Kier molecular flexibility index (Phi) is 2.09. The molecule has 0 heterocycles.